The Balaban J connectivity index is 1.50. The summed E-state index contributed by atoms with van der Waals surface area (Å²) < 4.78 is 10.7. The number of rotatable bonds is 10. The Morgan fingerprint density at radius 2 is 1.51 bits per heavy atom. The lowest BCUT2D eigenvalue weighted by atomic mass is 9.86. The molecule has 6 nitrogen and oxygen atoms in total. The van der Waals surface area contributed by atoms with Crippen molar-refractivity contribution in [2.24, 2.45) is 0 Å². The Morgan fingerprint density at radius 1 is 0.897 bits per heavy atom. The first-order chi connectivity index (χ1) is 19.1. The molecule has 0 radical (unpaired) electrons. The van der Waals surface area contributed by atoms with Gasteiger partial charge in [-0.15, -0.1) is 11.3 Å². The molecule has 0 saturated carbocycles. The maximum atomic E-state index is 13.8. The van der Waals surface area contributed by atoms with Crippen molar-refractivity contribution in [1.29, 1.82) is 0 Å². The third kappa shape index (κ3) is 5.89. The summed E-state index contributed by atoms with van der Waals surface area (Å²) in [7, 11) is 3.26. The van der Waals surface area contributed by atoms with Gasteiger partial charge < -0.3 is 19.7 Å². The number of nitrogens with one attached hydrogen (secondary N) is 1. The molecule has 1 aliphatic rings. The molecule has 0 aliphatic carbocycles. The van der Waals surface area contributed by atoms with Crippen molar-refractivity contribution in [3.63, 3.8) is 0 Å². The molecule has 5 rings (SSSR count). The van der Waals surface area contributed by atoms with Crippen molar-refractivity contribution in [2.75, 3.05) is 14.2 Å². The number of carbonyl (C=O) groups is 2. The molecule has 0 spiro atoms. The fourth-order valence-corrected chi connectivity index (χ4v) is 5.54. The largest absolute Gasteiger partial charge is 0.497 e. The third-order valence-electron chi connectivity index (χ3n) is 6.84. The number of β-lactam (4-membered cyclic amide) rings is 1. The standard InChI is InChI=1S/C32H30N2O4S/c1-37-25-15-11-23(12-16-25)31(24-13-17-26(38-2)18-14-24)34-28(19-10-22-7-4-3-5-8-22)30(32(34)36)33-29(35)21-27-9-6-20-39-27/h3-20,28,30-31H,21H2,1-2H3,(H,33,35)/b19-10+. The zero-order valence-corrected chi connectivity index (χ0v) is 22.6. The zero-order valence-electron chi connectivity index (χ0n) is 21.8. The predicted octanol–water partition coefficient (Wildman–Crippen LogP) is 5.51. The van der Waals surface area contributed by atoms with Gasteiger partial charge in [0.25, 0.3) is 0 Å². The van der Waals surface area contributed by atoms with Crippen LogP contribution in [-0.2, 0) is 16.0 Å². The summed E-state index contributed by atoms with van der Waals surface area (Å²) >= 11 is 1.53. The topological polar surface area (TPSA) is 67.9 Å². The summed E-state index contributed by atoms with van der Waals surface area (Å²) in [5.41, 5.74) is 2.90. The molecule has 2 amide bonds. The predicted molar refractivity (Wildman–Crippen MR) is 154 cm³/mol. The van der Waals surface area contributed by atoms with E-state index in [2.05, 4.69) is 5.32 Å². The van der Waals surface area contributed by atoms with E-state index in [-0.39, 0.29) is 30.3 Å². The molecule has 4 aromatic rings. The van der Waals surface area contributed by atoms with Crippen LogP contribution in [0.1, 0.15) is 27.6 Å². The van der Waals surface area contributed by atoms with E-state index in [0.29, 0.717) is 0 Å². The molecule has 39 heavy (non-hydrogen) atoms. The van der Waals surface area contributed by atoms with Gasteiger partial charge in [-0.1, -0.05) is 72.8 Å². The minimum absolute atomic E-state index is 0.131. The quantitative estimate of drug-likeness (QED) is 0.271. The van der Waals surface area contributed by atoms with Gasteiger partial charge in [-0.25, -0.2) is 0 Å². The summed E-state index contributed by atoms with van der Waals surface area (Å²) in [6.07, 6.45) is 4.26. The second kappa shape index (κ2) is 12.0. The van der Waals surface area contributed by atoms with Crippen molar-refractivity contribution < 1.29 is 19.1 Å². The summed E-state index contributed by atoms with van der Waals surface area (Å²) in [6, 6.07) is 27.9. The van der Waals surface area contributed by atoms with E-state index >= 15 is 0 Å². The van der Waals surface area contributed by atoms with E-state index in [9.17, 15) is 9.59 Å². The number of amides is 2. The van der Waals surface area contributed by atoms with Crippen molar-refractivity contribution in [1.82, 2.24) is 10.2 Å². The molecule has 1 aromatic heterocycles. The molecule has 2 heterocycles. The number of ether oxygens (including phenoxy) is 2. The normalized spacial score (nSPS) is 16.8. The Bertz CT molecular complexity index is 1370. The van der Waals surface area contributed by atoms with Crippen molar-refractivity contribution in [2.45, 2.75) is 24.5 Å². The SMILES string of the molecule is COc1ccc(C(c2ccc(OC)cc2)N2C(=O)C(NC(=O)Cc3cccs3)C2/C=C/c2ccccc2)cc1. The summed E-state index contributed by atoms with van der Waals surface area (Å²) in [4.78, 5) is 29.5. The van der Waals surface area contributed by atoms with Crippen LogP contribution >= 0.6 is 11.3 Å². The average Bonchev–Trinajstić information content (AvgIpc) is 3.49. The fraction of sp³-hybridized carbons (Fsp3) is 0.188. The summed E-state index contributed by atoms with van der Waals surface area (Å²) in [6.45, 7) is 0. The first-order valence-corrected chi connectivity index (χ1v) is 13.6. The number of benzene rings is 3. The lowest BCUT2D eigenvalue weighted by Gasteiger charge is -2.50. The van der Waals surface area contributed by atoms with Crippen LogP contribution in [0.4, 0.5) is 0 Å². The second-order valence-electron chi connectivity index (χ2n) is 9.26. The van der Waals surface area contributed by atoms with Crippen LogP contribution in [0.3, 0.4) is 0 Å². The van der Waals surface area contributed by atoms with E-state index in [1.807, 2.05) is 113 Å². The average molecular weight is 539 g/mol. The van der Waals surface area contributed by atoms with E-state index < -0.39 is 6.04 Å². The lowest BCUT2D eigenvalue weighted by Crippen LogP contribution is -2.70. The molecule has 2 unspecified atom stereocenters. The van der Waals surface area contributed by atoms with Gasteiger partial charge in [0, 0.05) is 4.88 Å². The maximum absolute atomic E-state index is 13.8. The van der Waals surface area contributed by atoms with Gasteiger partial charge in [0.05, 0.1) is 32.7 Å². The first-order valence-electron chi connectivity index (χ1n) is 12.7. The number of likely N-dealkylation sites (tertiary alicyclic amines) is 1. The molecule has 1 N–H and O–H groups in total. The van der Waals surface area contributed by atoms with E-state index in [4.69, 9.17) is 9.47 Å². The zero-order chi connectivity index (χ0) is 27.2. The Morgan fingerprint density at radius 3 is 2.05 bits per heavy atom. The molecule has 1 fully saturated rings. The number of hydrogen-bond acceptors (Lipinski definition) is 5. The van der Waals surface area contributed by atoms with E-state index in [0.717, 1.165) is 33.1 Å². The molecule has 1 aliphatic heterocycles. The third-order valence-corrected chi connectivity index (χ3v) is 7.72. The first kappa shape index (κ1) is 26.3. The van der Waals surface area contributed by atoms with Crippen molar-refractivity contribution >= 4 is 29.2 Å². The monoisotopic (exact) mass is 538 g/mol. The second-order valence-corrected chi connectivity index (χ2v) is 10.3. The van der Waals surface area contributed by atoms with Crippen molar-refractivity contribution in [3.05, 3.63) is 124 Å². The smallest absolute Gasteiger partial charge is 0.249 e. The van der Waals surface area contributed by atoms with Crippen LogP contribution in [0.15, 0.2) is 102 Å². The van der Waals surface area contributed by atoms with Crippen molar-refractivity contribution in [3.8, 4) is 11.5 Å². The van der Waals surface area contributed by atoms with Gasteiger partial charge in [0.15, 0.2) is 0 Å². The van der Waals surface area contributed by atoms with Gasteiger partial charge in [-0.3, -0.25) is 9.59 Å². The molecule has 1 saturated heterocycles. The van der Waals surface area contributed by atoms with Gasteiger partial charge in [0.2, 0.25) is 11.8 Å². The Hall–Kier alpha value is -4.36. The molecule has 3 aromatic carbocycles. The number of methoxy groups -OCH3 is 2. The van der Waals surface area contributed by atoms with Crippen LogP contribution < -0.4 is 14.8 Å². The number of carbonyl (C=O) groups excluding carboxylic acids is 2. The highest BCUT2D eigenvalue weighted by molar-refractivity contribution is 7.10. The molecule has 198 valence electrons. The number of nitrogens with zero attached hydrogens (tertiary/aromatic N) is 1. The van der Waals surface area contributed by atoms with Gasteiger partial charge in [-0.2, -0.15) is 0 Å². The molecular formula is C32H30N2O4S. The molecule has 0 bridgehead atoms. The van der Waals surface area contributed by atoms with Gasteiger partial charge >= 0.3 is 0 Å². The minimum Gasteiger partial charge on any atom is -0.497 e. The van der Waals surface area contributed by atoms with E-state index in [1.54, 1.807) is 14.2 Å². The number of thiophene rings is 1. The van der Waals surface area contributed by atoms with Crippen LogP contribution in [0.2, 0.25) is 0 Å². The van der Waals surface area contributed by atoms with Crippen LogP contribution in [-0.4, -0.2) is 43.0 Å². The van der Waals surface area contributed by atoms with Crippen LogP contribution in [0, 0.1) is 0 Å². The summed E-state index contributed by atoms with van der Waals surface area (Å²) in [5.74, 6) is 1.18. The fourth-order valence-electron chi connectivity index (χ4n) is 4.84. The maximum Gasteiger partial charge on any atom is 0.249 e. The lowest BCUT2D eigenvalue weighted by molar-refractivity contribution is -0.153. The van der Waals surface area contributed by atoms with E-state index in [1.165, 1.54) is 11.3 Å². The van der Waals surface area contributed by atoms with Gasteiger partial charge in [-0.05, 0) is 52.4 Å². The highest BCUT2D eigenvalue weighted by Crippen LogP contribution is 2.39. The molecular weight excluding hydrogens is 508 g/mol. The Labute approximate surface area is 232 Å². The highest BCUT2D eigenvalue weighted by atomic mass is 32.1. The highest BCUT2D eigenvalue weighted by Gasteiger charge is 2.50. The minimum atomic E-state index is -0.656. The van der Waals surface area contributed by atoms with Gasteiger partial charge in [0.1, 0.15) is 17.5 Å². The van der Waals surface area contributed by atoms with Crippen LogP contribution in [0.25, 0.3) is 6.08 Å². The summed E-state index contributed by atoms with van der Waals surface area (Å²) in [5, 5.41) is 4.94. The van der Waals surface area contributed by atoms with Crippen LogP contribution in [0.5, 0.6) is 11.5 Å². The Kier molecular flexibility index (Phi) is 8.08. The molecule has 2 atom stereocenters. The molecule has 7 heteroatoms. The number of hydrogen-bond donors (Lipinski definition) is 1.